The van der Waals surface area contributed by atoms with Gasteiger partial charge in [0.05, 0.1) is 11.3 Å². The second kappa shape index (κ2) is 10.2. The molecule has 0 aliphatic carbocycles. The van der Waals surface area contributed by atoms with Gasteiger partial charge in [-0.1, -0.05) is 17.3 Å². The first kappa shape index (κ1) is 21.8. The number of benzene rings is 1. The number of pyridine rings is 1. The summed E-state index contributed by atoms with van der Waals surface area (Å²) < 4.78 is 5.23. The van der Waals surface area contributed by atoms with Crippen LogP contribution in [0.25, 0.3) is 0 Å². The topological polar surface area (TPSA) is 71.3 Å². The smallest absolute Gasteiger partial charge is 0.254 e. The molecule has 4 rings (SSSR count). The summed E-state index contributed by atoms with van der Waals surface area (Å²) >= 11 is 3.53. The van der Waals surface area contributed by atoms with E-state index in [1.165, 1.54) is 29.0 Å². The lowest BCUT2D eigenvalue weighted by atomic mass is 10.2. The number of thioether (sulfide) groups is 2. The highest BCUT2D eigenvalue weighted by Gasteiger charge is 2.16. The Balaban J connectivity index is 1.36. The van der Waals surface area contributed by atoms with E-state index in [1.54, 1.807) is 12.3 Å². The minimum atomic E-state index is -0.119. The summed E-state index contributed by atoms with van der Waals surface area (Å²) in [6.07, 6.45) is 1.71. The van der Waals surface area contributed by atoms with E-state index >= 15 is 0 Å². The Morgan fingerprint density at radius 1 is 1.19 bits per heavy atom. The second-order valence-corrected chi connectivity index (χ2v) is 9.58. The van der Waals surface area contributed by atoms with E-state index in [1.807, 2.05) is 31.7 Å². The van der Waals surface area contributed by atoms with Gasteiger partial charge in [-0.15, -0.1) is 11.8 Å². The summed E-state index contributed by atoms with van der Waals surface area (Å²) in [6.45, 7) is 6.50. The van der Waals surface area contributed by atoms with Crippen LogP contribution in [0, 0.1) is 13.8 Å². The van der Waals surface area contributed by atoms with Gasteiger partial charge >= 0.3 is 0 Å². The maximum absolute atomic E-state index is 12.8. The van der Waals surface area contributed by atoms with Crippen LogP contribution in [0.5, 0.6) is 0 Å². The minimum absolute atomic E-state index is 0.119. The quantitative estimate of drug-likeness (QED) is 0.529. The van der Waals surface area contributed by atoms with Crippen molar-refractivity contribution in [1.29, 1.82) is 0 Å². The van der Waals surface area contributed by atoms with Crippen LogP contribution >= 0.6 is 23.5 Å². The zero-order chi connectivity index (χ0) is 21.6. The lowest BCUT2D eigenvalue weighted by Gasteiger charge is -2.28. The van der Waals surface area contributed by atoms with Gasteiger partial charge in [-0.25, -0.2) is 4.98 Å². The first-order valence-electron chi connectivity index (χ1n) is 10.3. The van der Waals surface area contributed by atoms with E-state index in [9.17, 15) is 4.79 Å². The van der Waals surface area contributed by atoms with Crippen molar-refractivity contribution in [2.75, 3.05) is 29.5 Å². The van der Waals surface area contributed by atoms with E-state index in [-0.39, 0.29) is 5.91 Å². The van der Waals surface area contributed by atoms with Crippen LogP contribution in [0.1, 0.15) is 32.9 Å². The van der Waals surface area contributed by atoms with E-state index < -0.39 is 0 Å². The Labute approximate surface area is 191 Å². The molecule has 0 radical (unpaired) electrons. The Bertz CT molecular complexity index is 1010. The molecule has 1 aliphatic rings. The number of aryl methyl sites for hydroxylation is 2. The minimum Gasteiger partial charge on any atom is -0.370 e. The monoisotopic (exact) mass is 454 g/mol. The molecule has 1 aromatic carbocycles. The highest BCUT2D eigenvalue weighted by molar-refractivity contribution is 7.99. The molecule has 8 heteroatoms. The van der Waals surface area contributed by atoms with Gasteiger partial charge in [0.1, 0.15) is 10.8 Å². The predicted molar refractivity (Wildman–Crippen MR) is 127 cm³/mol. The number of carbonyl (C=O) groups excluding carboxylic acids is 1. The third-order valence-corrected chi connectivity index (χ3v) is 7.29. The summed E-state index contributed by atoms with van der Waals surface area (Å²) in [7, 11) is 0. The number of anilines is 1. The van der Waals surface area contributed by atoms with Crippen LogP contribution in [0.15, 0.2) is 52.1 Å². The highest BCUT2D eigenvalue weighted by atomic mass is 32.2. The number of carbonyl (C=O) groups is 1. The van der Waals surface area contributed by atoms with Gasteiger partial charge in [0.2, 0.25) is 0 Å². The molecule has 0 bridgehead atoms. The number of rotatable bonds is 7. The fourth-order valence-electron chi connectivity index (χ4n) is 3.45. The fourth-order valence-corrected chi connectivity index (χ4v) is 5.50. The van der Waals surface area contributed by atoms with E-state index in [4.69, 9.17) is 4.52 Å². The largest absolute Gasteiger partial charge is 0.370 e. The molecule has 0 atom stereocenters. The molecule has 1 saturated heterocycles. The third-order valence-electron chi connectivity index (χ3n) is 5.32. The van der Waals surface area contributed by atoms with Crippen LogP contribution in [-0.2, 0) is 12.3 Å². The molecule has 0 spiro atoms. The second-order valence-electron chi connectivity index (χ2n) is 7.40. The molecule has 0 unspecified atom stereocenters. The molecular weight excluding hydrogens is 428 g/mol. The summed E-state index contributed by atoms with van der Waals surface area (Å²) in [5.41, 5.74) is 4.84. The fraction of sp³-hybridized carbons (Fsp3) is 0.348. The van der Waals surface area contributed by atoms with Crippen LogP contribution in [0.3, 0.4) is 0 Å². The average molecular weight is 455 g/mol. The molecule has 2 aromatic heterocycles. The van der Waals surface area contributed by atoms with Crippen LogP contribution in [0.4, 0.5) is 5.69 Å². The van der Waals surface area contributed by atoms with E-state index in [0.29, 0.717) is 22.9 Å². The Hall–Kier alpha value is -2.45. The van der Waals surface area contributed by atoms with Gasteiger partial charge in [0, 0.05) is 54.3 Å². The van der Waals surface area contributed by atoms with Crippen molar-refractivity contribution in [3.8, 4) is 0 Å². The number of hydrogen-bond donors (Lipinski definition) is 1. The number of amides is 1. The highest BCUT2D eigenvalue weighted by Crippen LogP contribution is 2.27. The van der Waals surface area contributed by atoms with Crippen molar-refractivity contribution < 1.29 is 9.32 Å². The SMILES string of the molecule is Cc1noc(C)c1CSc1ncccc1C(=O)NCc1ccc(N2CCSCC2)cc1. The summed E-state index contributed by atoms with van der Waals surface area (Å²) in [5, 5.41) is 7.73. The van der Waals surface area contributed by atoms with Crippen molar-refractivity contribution in [1.82, 2.24) is 15.5 Å². The van der Waals surface area contributed by atoms with Crippen LogP contribution in [-0.4, -0.2) is 40.6 Å². The maximum atomic E-state index is 12.8. The van der Waals surface area contributed by atoms with Crippen LogP contribution in [0.2, 0.25) is 0 Å². The molecule has 3 aromatic rings. The van der Waals surface area contributed by atoms with Gasteiger partial charge < -0.3 is 14.7 Å². The molecule has 162 valence electrons. The Morgan fingerprint density at radius 2 is 1.97 bits per heavy atom. The van der Waals surface area contributed by atoms with Crippen molar-refractivity contribution in [2.24, 2.45) is 0 Å². The summed E-state index contributed by atoms with van der Waals surface area (Å²) in [5.74, 6) is 3.71. The van der Waals surface area contributed by atoms with E-state index in [0.717, 1.165) is 35.7 Å². The molecule has 1 amide bonds. The zero-order valence-corrected chi connectivity index (χ0v) is 19.4. The molecule has 3 heterocycles. The molecule has 31 heavy (non-hydrogen) atoms. The maximum Gasteiger partial charge on any atom is 0.254 e. The van der Waals surface area contributed by atoms with Gasteiger partial charge in [0.25, 0.3) is 5.91 Å². The lowest BCUT2D eigenvalue weighted by molar-refractivity contribution is 0.0947. The van der Waals surface area contributed by atoms with Crippen molar-refractivity contribution in [2.45, 2.75) is 31.2 Å². The van der Waals surface area contributed by atoms with Gasteiger partial charge in [0.15, 0.2) is 0 Å². The summed E-state index contributed by atoms with van der Waals surface area (Å²) in [6, 6.07) is 12.1. The zero-order valence-electron chi connectivity index (χ0n) is 17.8. The molecule has 6 nitrogen and oxygen atoms in total. The first-order chi connectivity index (χ1) is 15.1. The first-order valence-corrected chi connectivity index (χ1v) is 12.5. The third kappa shape index (κ3) is 5.43. The molecular formula is C23H26N4O2S2. The molecule has 1 N–H and O–H groups in total. The molecule has 0 saturated carbocycles. The number of nitrogens with zero attached hydrogens (tertiary/aromatic N) is 3. The lowest BCUT2D eigenvalue weighted by Crippen LogP contribution is -2.32. The summed E-state index contributed by atoms with van der Waals surface area (Å²) in [4.78, 5) is 19.7. The number of aromatic nitrogens is 2. The van der Waals surface area contributed by atoms with Gasteiger partial charge in [-0.3, -0.25) is 4.79 Å². The Morgan fingerprint density at radius 3 is 2.68 bits per heavy atom. The van der Waals surface area contributed by atoms with Gasteiger partial charge in [-0.05, 0) is 43.7 Å². The standard InChI is InChI=1S/C23H26N4O2S2/c1-16-21(17(2)29-26-16)15-31-23-20(4-3-9-24-23)22(28)25-14-18-5-7-19(8-6-18)27-10-12-30-13-11-27/h3-9H,10-15H2,1-2H3,(H,25,28). The number of hydrogen-bond acceptors (Lipinski definition) is 7. The molecule has 1 fully saturated rings. The van der Waals surface area contributed by atoms with Crippen molar-refractivity contribution in [3.05, 3.63) is 70.7 Å². The van der Waals surface area contributed by atoms with E-state index in [2.05, 4.69) is 44.6 Å². The van der Waals surface area contributed by atoms with Crippen LogP contribution < -0.4 is 10.2 Å². The predicted octanol–water partition coefficient (Wildman–Crippen LogP) is 4.46. The van der Waals surface area contributed by atoms with Gasteiger partial charge in [-0.2, -0.15) is 11.8 Å². The average Bonchev–Trinajstić information content (AvgIpc) is 3.14. The Kier molecular flexibility index (Phi) is 7.19. The number of nitrogens with one attached hydrogen (secondary N) is 1. The molecule has 1 aliphatic heterocycles. The normalized spacial score (nSPS) is 13.9. The van der Waals surface area contributed by atoms with Crippen molar-refractivity contribution in [3.63, 3.8) is 0 Å². The van der Waals surface area contributed by atoms with Crippen molar-refractivity contribution >= 4 is 35.1 Å².